The zero-order valence-corrected chi connectivity index (χ0v) is 16.6. The number of nitro groups is 1. The van der Waals surface area contributed by atoms with E-state index in [9.17, 15) is 24.5 Å². The Bertz CT molecular complexity index is 981. The van der Waals surface area contributed by atoms with Gasteiger partial charge in [-0.1, -0.05) is 12.1 Å². The van der Waals surface area contributed by atoms with Gasteiger partial charge in [-0.15, -0.1) is 0 Å². The maximum atomic E-state index is 13.0. The number of benzene rings is 1. The van der Waals surface area contributed by atoms with Gasteiger partial charge in [-0.05, 0) is 19.4 Å². The molecule has 0 bridgehead atoms. The number of aliphatic imine (C=N–C) groups is 1. The van der Waals surface area contributed by atoms with Crippen molar-refractivity contribution in [2.75, 3.05) is 13.7 Å². The standard InChI is InChI=1S/C20H20N2O8/c1-10-15(19(24)28-3)17(12-5-4-6-13(9-12)22(26)27)16(11(2)21-10)20(25)30-14-7-8-29-18(14)23/h4-6,9,14-15,17H,7-8H2,1-3H3. The Hall–Kier alpha value is -3.56. The van der Waals surface area contributed by atoms with Crippen LogP contribution >= 0.6 is 0 Å². The Labute approximate surface area is 171 Å². The molecule has 2 aliphatic rings. The van der Waals surface area contributed by atoms with Crippen molar-refractivity contribution in [1.82, 2.24) is 0 Å². The van der Waals surface area contributed by atoms with E-state index in [2.05, 4.69) is 4.99 Å². The fourth-order valence-corrected chi connectivity index (χ4v) is 3.70. The quantitative estimate of drug-likeness (QED) is 0.308. The molecule has 1 aromatic carbocycles. The molecule has 158 valence electrons. The number of methoxy groups -OCH3 is 1. The molecule has 0 spiro atoms. The van der Waals surface area contributed by atoms with Crippen LogP contribution in [0.1, 0.15) is 31.7 Å². The van der Waals surface area contributed by atoms with Crippen molar-refractivity contribution in [1.29, 1.82) is 0 Å². The van der Waals surface area contributed by atoms with Gasteiger partial charge in [0.1, 0.15) is 5.92 Å². The first-order chi connectivity index (χ1) is 14.2. The monoisotopic (exact) mass is 416 g/mol. The highest BCUT2D eigenvalue weighted by Crippen LogP contribution is 2.41. The first-order valence-corrected chi connectivity index (χ1v) is 9.20. The van der Waals surface area contributed by atoms with E-state index in [0.717, 1.165) is 0 Å². The van der Waals surface area contributed by atoms with Crippen LogP contribution in [0.3, 0.4) is 0 Å². The van der Waals surface area contributed by atoms with Crippen LogP contribution < -0.4 is 0 Å². The van der Waals surface area contributed by atoms with Crippen LogP contribution in [0.15, 0.2) is 40.5 Å². The van der Waals surface area contributed by atoms with Crippen LogP contribution in [0.5, 0.6) is 0 Å². The minimum absolute atomic E-state index is 0.0381. The summed E-state index contributed by atoms with van der Waals surface area (Å²) in [7, 11) is 1.21. The Morgan fingerprint density at radius 2 is 2.03 bits per heavy atom. The number of hydrogen-bond acceptors (Lipinski definition) is 9. The number of allylic oxidation sites excluding steroid dienone is 1. The molecule has 0 saturated carbocycles. The predicted molar refractivity (Wildman–Crippen MR) is 103 cm³/mol. The summed E-state index contributed by atoms with van der Waals surface area (Å²) in [6, 6.07) is 5.65. The number of ether oxygens (including phenoxy) is 3. The van der Waals surface area contributed by atoms with Crippen LogP contribution in [0.25, 0.3) is 0 Å². The van der Waals surface area contributed by atoms with Crippen LogP contribution in [0.4, 0.5) is 5.69 Å². The number of esters is 3. The second-order valence-electron chi connectivity index (χ2n) is 6.93. The topological polar surface area (TPSA) is 134 Å². The summed E-state index contributed by atoms with van der Waals surface area (Å²) in [5.41, 5.74) is 0.888. The first kappa shape index (κ1) is 21.2. The molecule has 0 aliphatic carbocycles. The van der Waals surface area contributed by atoms with E-state index in [0.29, 0.717) is 17.0 Å². The zero-order chi connectivity index (χ0) is 22.0. The van der Waals surface area contributed by atoms with Gasteiger partial charge in [0.25, 0.3) is 5.69 Å². The van der Waals surface area contributed by atoms with E-state index in [1.165, 1.54) is 25.3 Å². The maximum absolute atomic E-state index is 13.0. The number of rotatable bonds is 5. The molecule has 0 amide bonds. The lowest BCUT2D eigenvalue weighted by atomic mass is 9.75. The molecular weight excluding hydrogens is 396 g/mol. The first-order valence-electron chi connectivity index (χ1n) is 9.20. The largest absolute Gasteiger partial charge is 0.468 e. The van der Waals surface area contributed by atoms with Gasteiger partial charge >= 0.3 is 17.9 Å². The lowest BCUT2D eigenvalue weighted by molar-refractivity contribution is -0.384. The number of carbonyl (C=O) groups is 3. The number of cyclic esters (lactones) is 1. The third-order valence-corrected chi connectivity index (χ3v) is 5.08. The number of hydrogen-bond donors (Lipinski definition) is 0. The minimum Gasteiger partial charge on any atom is -0.468 e. The number of nitrogens with zero attached hydrogens (tertiary/aromatic N) is 2. The molecule has 3 unspecified atom stereocenters. The lowest BCUT2D eigenvalue weighted by Gasteiger charge is -2.31. The van der Waals surface area contributed by atoms with Gasteiger partial charge in [0.15, 0.2) is 0 Å². The lowest BCUT2D eigenvalue weighted by Crippen LogP contribution is -2.37. The van der Waals surface area contributed by atoms with E-state index in [1.54, 1.807) is 19.9 Å². The highest BCUT2D eigenvalue weighted by atomic mass is 16.6. The van der Waals surface area contributed by atoms with E-state index in [-0.39, 0.29) is 24.3 Å². The summed E-state index contributed by atoms with van der Waals surface area (Å²) in [5, 5.41) is 11.3. The summed E-state index contributed by atoms with van der Waals surface area (Å²) < 4.78 is 15.1. The molecule has 3 atom stereocenters. The van der Waals surface area contributed by atoms with Gasteiger partial charge in [0, 0.05) is 35.9 Å². The van der Waals surface area contributed by atoms with Crippen LogP contribution in [-0.2, 0) is 28.6 Å². The van der Waals surface area contributed by atoms with Crippen molar-refractivity contribution in [3.63, 3.8) is 0 Å². The van der Waals surface area contributed by atoms with Crippen molar-refractivity contribution in [2.45, 2.75) is 32.3 Å². The minimum atomic E-state index is -1.05. The molecule has 1 saturated heterocycles. The summed E-state index contributed by atoms with van der Waals surface area (Å²) in [5.74, 6) is -4.05. The molecular formula is C20H20N2O8. The van der Waals surface area contributed by atoms with Crippen LogP contribution in [0.2, 0.25) is 0 Å². The maximum Gasteiger partial charge on any atom is 0.347 e. The Morgan fingerprint density at radius 3 is 2.63 bits per heavy atom. The van der Waals surface area contributed by atoms with Gasteiger partial charge < -0.3 is 14.2 Å². The SMILES string of the molecule is COC(=O)C1C(C)=NC(C)=C(C(=O)OC2CCOC2=O)C1c1cccc([N+](=O)[O-])c1. The fourth-order valence-electron chi connectivity index (χ4n) is 3.70. The van der Waals surface area contributed by atoms with Gasteiger partial charge in [0.2, 0.25) is 6.10 Å². The fraction of sp³-hybridized carbons (Fsp3) is 0.400. The summed E-state index contributed by atoms with van der Waals surface area (Å²) in [4.78, 5) is 52.3. The van der Waals surface area contributed by atoms with E-state index >= 15 is 0 Å². The Balaban J connectivity index is 2.10. The molecule has 2 aliphatic heterocycles. The van der Waals surface area contributed by atoms with Crippen molar-refractivity contribution < 1.29 is 33.5 Å². The van der Waals surface area contributed by atoms with Crippen molar-refractivity contribution in [2.24, 2.45) is 10.9 Å². The second-order valence-corrected chi connectivity index (χ2v) is 6.93. The van der Waals surface area contributed by atoms with Crippen molar-refractivity contribution >= 4 is 29.3 Å². The Kier molecular flexibility index (Phi) is 5.95. The summed E-state index contributed by atoms with van der Waals surface area (Å²) in [6.07, 6.45) is -0.826. The molecule has 2 heterocycles. The molecule has 0 radical (unpaired) electrons. The predicted octanol–water partition coefficient (Wildman–Crippen LogP) is 2.07. The van der Waals surface area contributed by atoms with Gasteiger partial charge in [-0.25, -0.2) is 9.59 Å². The average Bonchev–Trinajstić information content (AvgIpc) is 3.11. The summed E-state index contributed by atoms with van der Waals surface area (Å²) in [6.45, 7) is 3.34. The van der Waals surface area contributed by atoms with Gasteiger partial charge in [-0.3, -0.25) is 19.9 Å². The summed E-state index contributed by atoms with van der Waals surface area (Å²) >= 11 is 0. The third-order valence-electron chi connectivity index (χ3n) is 5.08. The van der Waals surface area contributed by atoms with Crippen molar-refractivity contribution in [3.05, 3.63) is 51.2 Å². The highest BCUT2D eigenvalue weighted by molar-refractivity contribution is 6.07. The molecule has 1 fully saturated rings. The smallest absolute Gasteiger partial charge is 0.347 e. The number of nitro benzene ring substituents is 1. The average molecular weight is 416 g/mol. The highest BCUT2D eigenvalue weighted by Gasteiger charge is 2.44. The molecule has 3 rings (SSSR count). The van der Waals surface area contributed by atoms with Crippen LogP contribution in [-0.4, -0.2) is 48.4 Å². The zero-order valence-electron chi connectivity index (χ0n) is 16.6. The normalized spacial score (nSPS) is 23.5. The number of non-ortho nitro benzene ring substituents is 1. The second kappa shape index (κ2) is 8.44. The van der Waals surface area contributed by atoms with E-state index < -0.39 is 40.8 Å². The van der Waals surface area contributed by atoms with Gasteiger partial charge in [-0.2, -0.15) is 0 Å². The van der Waals surface area contributed by atoms with E-state index in [4.69, 9.17) is 14.2 Å². The number of carbonyl (C=O) groups excluding carboxylic acids is 3. The van der Waals surface area contributed by atoms with Crippen molar-refractivity contribution in [3.8, 4) is 0 Å². The Morgan fingerprint density at radius 1 is 1.30 bits per heavy atom. The molecule has 0 N–H and O–H groups in total. The molecule has 0 aromatic heterocycles. The molecule has 1 aromatic rings. The molecule has 30 heavy (non-hydrogen) atoms. The third kappa shape index (κ3) is 3.93. The van der Waals surface area contributed by atoms with Crippen LogP contribution in [0, 0.1) is 16.0 Å². The molecule has 10 heteroatoms. The van der Waals surface area contributed by atoms with E-state index in [1.807, 2.05) is 0 Å². The molecule has 10 nitrogen and oxygen atoms in total. The van der Waals surface area contributed by atoms with Gasteiger partial charge in [0.05, 0.1) is 24.2 Å².